The van der Waals surface area contributed by atoms with Crippen LogP contribution in [0.2, 0.25) is 0 Å². The lowest BCUT2D eigenvalue weighted by Crippen LogP contribution is -2.17. The van der Waals surface area contributed by atoms with Gasteiger partial charge in [0.25, 0.3) is 5.56 Å². The summed E-state index contributed by atoms with van der Waals surface area (Å²) in [6.07, 6.45) is 3.44. The van der Waals surface area contributed by atoms with Crippen molar-refractivity contribution in [1.29, 1.82) is 0 Å². The molecule has 0 radical (unpaired) electrons. The molecule has 3 rings (SSSR count). The van der Waals surface area contributed by atoms with Crippen LogP contribution in [0.5, 0.6) is 5.75 Å². The number of benzene rings is 1. The summed E-state index contributed by atoms with van der Waals surface area (Å²) in [5.41, 5.74) is 1.21. The third kappa shape index (κ3) is 2.22. The Hall–Kier alpha value is -2.56. The SMILES string of the molecule is Cn1ccn2nc(COc3ccccc3)cc2c1=O. The maximum atomic E-state index is 11.9. The first-order valence-electron chi connectivity index (χ1n) is 5.96. The second kappa shape index (κ2) is 4.61. The fourth-order valence-corrected chi connectivity index (χ4v) is 1.87. The monoisotopic (exact) mass is 255 g/mol. The minimum absolute atomic E-state index is 0.0686. The van der Waals surface area contributed by atoms with Gasteiger partial charge in [0.1, 0.15) is 23.6 Å². The lowest BCUT2D eigenvalue weighted by atomic mass is 10.3. The molecule has 2 aromatic heterocycles. The molecule has 19 heavy (non-hydrogen) atoms. The van der Waals surface area contributed by atoms with Crippen molar-refractivity contribution < 1.29 is 4.74 Å². The molecule has 3 aromatic rings. The number of aromatic nitrogens is 3. The van der Waals surface area contributed by atoms with Gasteiger partial charge in [0, 0.05) is 19.4 Å². The average molecular weight is 255 g/mol. The molecule has 0 saturated carbocycles. The van der Waals surface area contributed by atoms with Crippen LogP contribution in [0.3, 0.4) is 0 Å². The predicted molar refractivity (Wildman–Crippen MR) is 71.2 cm³/mol. The zero-order chi connectivity index (χ0) is 13.2. The number of aryl methyl sites for hydroxylation is 1. The van der Waals surface area contributed by atoms with Crippen LogP contribution in [-0.2, 0) is 13.7 Å². The largest absolute Gasteiger partial charge is 0.487 e. The molecule has 96 valence electrons. The number of rotatable bonds is 3. The first-order chi connectivity index (χ1) is 9.24. The first-order valence-corrected chi connectivity index (χ1v) is 5.96. The van der Waals surface area contributed by atoms with Crippen molar-refractivity contribution in [2.75, 3.05) is 0 Å². The summed E-state index contributed by atoms with van der Waals surface area (Å²) in [5, 5.41) is 4.31. The molecular formula is C14H13N3O2. The first kappa shape index (κ1) is 11.5. The second-order valence-corrected chi connectivity index (χ2v) is 4.28. The zero-order valence-electron chi connectivity index (χ0n) is 10.5. The Kier molecular flexibility index (Phi) is 2.79. The van der Waals surface area contributed by atoms with E-state index in [0.717, 1.165) is 11.4 Å². The smallest absolute Gasteiger partial charge is 0.276 e. The lowest BCUT2D eigenvalue weighted by molar-refractivity contribution is 0.300. The Bertz CT molecular complexity index is 759. The average Bonchev–Trinajstić information content (AvgIpc) is 2.86. The lowest BCUT2D eigenvalue weighted by Gasteiger charge is -2.02. The van der Waals surface area contributed by atoms with E-state index in [-0.39, 0.29) is 5.56 Å². The molecule has 5 nitrogen and oxygen atoms in total. The molecule has 0 spiro atoms. The summed E-state index contributed by atoms with van der Waals surface area (Å²) in [4.78, 5) is 11.9. The summed E-state index contributed by atoms with van der Waals surface area (Å²) in [6.45, 7) is 0.342. The van der Waals surface area contributed by atoms with Gasteiger partial charge in [0.15, 0.2) is 0 Å². The van der Waals surface area contributed by atoms with Crippen molar-refractivity contribution in [3.8, 4) is 5.75 Å². The van der Waals surface area contributed by atoms with Crippen LogP contribution in [0.1, 0.15) is 5.69 Å². The van der Waals surface area contributed by atoms with Crippen LogP contribution in [0, 0.1) is 0 Å². The highest BCUT2D eigenvalue weighted by Gasteiger charge is 2.06. The molecule has 0 fully saturated rings. The minimum atomic E-state index is -0.0686. The Morgan fingerprint density at radius 2 is 2.00 bits per heavy atom. The Balaban J connectivity index is 1.86. The van der Waals surface area contributed by atoms with Crippen molar-refractivity contribution in [2.24, 2.45) is 7.05 Å². The van der Waals surface area contributed by atoms with Gasteiger partial charge in [0.05, 0.1) is 0 Å². The van der Waals surface area contributed by atoms with E-state index in [9.17, 15) is 4.79 Å². The van der Waals surface area contributed by atoms with Crippen LogP contribution < -0.4 is 10.3 Å². The van der Waals surface area contributed by atoms with E-state index in [0.29, 0.717) is 12.1 Å². The number of ether oxygens (including phenoxy) is 1. The van der Waals surface area contributed by atoms with E-state index < -0.39 is 0 Å². The van der Waals surface area contributed by atoms with Gasteiger partial charge in [-0.05, 0) is 18.2 Å². The van der Waals surface area contributed by atoms with Crippen LogP contribution in [0.4, 0.5) is 0 Å². The highest BCUT2D eigenvalue weighted by Crippen LogP contribution is 2.11. The molecular weight excluding hydrogens is 242 g/mol. The van der Waals surface area contributed by atoms with Gasteiger partial charge >= 0.3 is 0 Å². The topological polar surface area (TPSA) is 48.5 Å². The molecule has 5 heteroatoms. The van der Waals surface area contributed by atoms with Gasteiger partial charge in [-0.2, -0.15) is 5.10 Å². The second-order valence-electron chi connectivity index (χ2n) is 4.28. The molecule has 0 saturated heterocycles. The summed E-state index contributed by atoms with van der Waals surface area (Å²) < 4.78 is 8.71. The zero-order valence-corrected chi connectivity index (χ0v) is 10.5. The number of fused-ring (bicyclic) bond motifs is 1. The van der Waals surface area contributed by atoms with E-state index in [1.54, 1.807) is 30.0 Å². The summed E-state index contributed by atoms with van der Waals surface area (Å²) in [7, 11) is 1.72. The molecule has 0 amide bonds. The maximum Gasteiger partial charge on any atom is 0.276 e. The highest BCUT2D eigenvalue weighted by molar-refractivity contribution is 5.45. The Morgan fingerprint density at radius 3 is 2.79 bits per heavy atom. The van der Waals surface area contributed by atoms with Crippen LogP contribution in [-0.4, -0.2) is 14.2 Å². The Labute approximate surface area is 109 Å². The van der Waals surface area contributed by atoms with Crippen molar-refractivity contribution in [3.63, 3.8) is 0 Å². The van der Waals surface area contributed by atoms with Gasteiger partial charge < -0.3 is 9.30 Å². The van der Waals surface area contributed by atoms with E-state index in [1.165, 1.54) is 4.57 Å². The molecule has 0 bridgehead atoms. The minimum Gasteiger partial charge on any atom is -0.487 e. The fourth-order valence-electron chi connectivity index (χ4n) is 1.87. The van der Waals surface area contributed by atoms with Gasteiger partial charge in [0.2, 0.25) is 0 Å². The number of hydrogen-bond donors (Lipinski definition) is 0. The molecule has 2 heterocycles. The fraction of sp³-hybridized carbons (Fsp3) is 0.143. The van der Waals surface area contributed by atoms with E-state index in [4.69, 9.17) is 4.74 Å². The van der Waals surface area contributed by atoms with Crippen molar-refractivity contribution in [1.82, 2.24) is 14.2 Å². The quantitative estimate of drug-likeness (QED) is 0.714. The summed E-state index contributed by atoms with van der Waals surface area (Å²) in [5.74, 6) is 0.785. The molecule has 0 aliphatic carbocycles. The van der Waals surface area contributed by atoms with Gasteiger partial charge in [-0.1, -0.05) is 18.2 Å². The van der Waals surface area contributed by atoms with Gasteiger partial charge in [-0.3, -0.25) is 4.79 Å². The Morgan fingerprint density at radius 1 is 1.21 bits per heavy atom. The van der Waals surface area contributed by atoms with E-state index in [1.807, 2.05) is 30.3 Å². The molecule has 0 unspecified atom stereocenters. The molecule has 0 aliphatic rings. The van der Waals surface area contributed by atoms with Crippen molar-refractivity contribution in [3.05, 3.63) is 64.8 Å². The third-order valence-corrected chi connectivity index (χ3v) is 2.89. The normalized spacial score (nSPS) is 10.8. The third-order valence-electron chi connectivity index (χ3n) is 2.89. The van der Waals surface area contributed by atoms with E-state index >= 15 is 0 Å². The number of para-hydroxylation sites is 1. The van der Waals surface area contributed by atoms with Gasteiger partial charge in [-0.25, -0.2) is 4.52 Å². The van der Waals surface area contributed by atoms with Crippen molar-refractivity contribution >= 4 is 5.52 Å². The maximum absolute atomic E-state index is 11.9. The van der Waals surface area contributed by atoms with Gasteiger partial charge in [-0.15, -0.1) is 0 Å². The van der Waals surface area contributed by atoms with Crippen LogP contribution in [0.15, 0.2) is 53.6 Å². The molecule has 0 aliphatic heterocycles. The summed E-state index contributed by atoms with van der Waals surface area (Å²) in [6, 6.07) is 11.3. The van der Waals surface area contributed by atoms with Crippen LogP contribution in [0.25, 0.3) is 5.52 Å². The number of nitrogens with zero attached hydrogens (tertiary/aromatic N) is 3. The summed E-state index contributed by atoms with van der Waals surface area (Å²) >= 11 is 0. The van der Waals surface area contributed by atoms with E-state index in [2.05, 4.69) is 5.10 Å². The highest BCUT2D eigenvalue weighted by atomic mass is 16.5. The number of hydrogen-bond acceptors (Lipinski definition) is 3. The van der Waals surface area contributed by atoms with Crippen molar-refractivity contribution in [2.45, 2.75) is 6.61 Å². The molecule has 1 aromatic carbocycles. The molecule has 0 N–H and O–H groups in total. The molecule has 0 atom stereocenters. The standard InChI is InChI=1S/C14H13N3O2/c1-16-7-8-17-13(14(16)18)9-11(15-17)10-19-12-5-3-2-4-6-12/h2-9H,10H2,1H3. The predicted octanol–water partition coefficient (Wildman–Crippen LogP) is 1.61. The van der Waals surface area contributed by atoms with Crippen LogP contribution >= 0.6 is 0 Å².